The van der Waals surface area contributed by atoms with Crippen LogP contribution in [0.4, 0.5) is 0 Å². The molecular weight excluding hydrogens is 749 g/mol. The van der Waals surface area contributed by atoms with Crippen LogP contribution >= 0.6 is 0 Å². The van der Waals surface area contributed by atoms with Crippen molar-refractivity contribution in [2.75, 3.05) is 0 Å². The molecule has 12 aromatic rings. The molecule has 13 rings (SSSR count). The van der Waals surface area contributed by atoms with Gasteiger partial charge in [-0.15, -0.1) is 0 Å². The lowest BCUT2D eigenvalue weighted by Crippen LogP contribution is -2.15. The molecule has 0 amide bonds. The Kier molecular flexibility index (Phi) is 7.42. The first-order chi connectivity index (χ1) is 30.5. The number of benzene rings is 11. The number of rotatable bonds is 4. The van der Waals surface area contributed by atoms with Crippen molar-refractivity contribution in [3.05, 3.63) is 217 Å². The zero-order valence-corrected chi connectivity index (χ0v) is 34.5. The van der Waals surface area contributed by atoms with E-state index in [-0.39, 0.29) is 5.41 Å². The van der Waals surface area contributed by atoms with Crippen molar-refractivity contribution in [3.8, 4) is 55.6 Å². The lowest BCUT2D eigenvalue weighted by Gasteiger charge is -2.24. The van der Waals surface area contributed by atoms with Crippen LogP contribution in [-0.2, 0) is 5.41 Å². The highest BCUT2D eigenvalue weighted by atomic mass is 16.3. The molecule has 0 fully saturated rings. The van der Waals surface area contributed by atoms with Crippen LogP contribution in [0.1, 0.15) is 25.0 Å². The minimum Gasteiger partial charge on any atom is -0.455 e. The van der Waals surface area contributed by atoms with Crippen molar-refractivity contribution < 1.29 is 4.42 Å². The predicted molar refractivity (Wildman–Crippen MR) is 263 cm³/mol. The molecule has 0 atom stereocenters. The Morgan fingerprint density at radius 1 is 0.306 bits per heavy atom. The normalized spacial score (nSPS) is 13.1. The Hall–Kier alpha value is -7.74. The summed E-state index contributed by atoms with van der Waals surface area (Å²) in [5, 5.41) is 12.6. The molecule has 62 heavy (non-hydrogen) atoms. The van der Waals surface area contributed by atoms with E-state index in [2.05, 4.69) is 214 Å². The zero-order chi connectivity index (χ0) is 41.1. The van der Waals surface area contributed by atoms with E-state index >= 15 is 0 Å². The minimum absolute atomic E-state index is 0.149. The minimum atomic E-state index is -0.149. The summed E-state index contributed by atoms with van der Waals surface area (Å²) in [6, 6.07) is 76.0. The number of para-hydroxylation sites is 2. The summed E-state index contributed by atoms with van der Waals surface area (Å²) < 4.78 is 6.50. The highest BCUT2D eigenvalue weighted by Crippen LogP contribution is 2.57. The molecule has 1 heterocycles. The molecule has 1 aliphatic carbocycles. The number of fused-ring (bicyclic) bond motifs is 13. The van der Waals surface area contributed by atoms with E-state index in [1.807, 2.05) is 6.07 Å². The van der Waals surface area contributed by atoms with Gasteiger partial charge in [-0.25, -0.2) is 0 Å². The van der Waals surface area contributed by atoms with Crippen LogP contribution in [-0.4, -0.2) is 0 Å². The quantitative estimate of drug-likeness (QED) is 0.128. The summed E-state index contributed by atoms with van der Waals surface area (Å²) in [4.78, 5) is 0. The molecule has 0 saturated heterocycles. The van der Waals surface area contributed by atoms with E-state index < -0.39 is 0 Å². The van der Waals surface area contributed by atoms with Crippen LogP contribution in [0.5, 0.6) is 0 Å². The smallest absolute Gasteiger partial charge is 0.143 e. The molecule has 0 spiro atoms. The summed E-state index contributed by atoms with van der Waals surface area (Å²) in [6.07, 6.45) is 0. The molecule has 1 aliphatic rings. The Labute approximate surface area is 360 Å². The first kappa shape index (κ1) is 35.1. The van der Waals surface area contributed by atoms with E-state index in [0.717, 1.165) is 33.1 Å². The second-order valence-electron chi connectivity index (χ2n) is 17.5. The van der Waals surface area contributed by atoms with Gasteiger partial charge in [-0.05, 0) is 116 Å². The molecule has 0 bridgehead atoms. The van der Waals surface area contributed by atoms with Gasteiger partial charge in [0.1, 0.15) is 11.2 Å². The fourth-order valence-electron chi connectivity index (χ4n) is 11.2. The molecular formula is C61H40O. The molecule has 0 unspecified atom stereocenters. The van der Waals surface area contributed by atoms with E-state index in [4.69, 9.17) is 4.42 Å². The zero-order valence-electron chi connectivity index (χ0n) is 34.5. The van der Waals surface area contributed by atoms with E-state index in [1.165, 1.54) is 98.7 Å². The first-order valence-corrected chi connectivity index (χ1v) is 21.7. The molecule has 0 aliphatic heterocycles. The molecule has 290 valence electrons. The van der Waals surface area contributed by atoms with Gasteiger partial charge in [-0.2, -0.15) is 0 Å². The van der Waals surface area contributed by atoms with Gasteiger partial charge < -0.3 is 4.42 Å². The SMILES string of the molecule is CC1(C)c2cccc(-c3ccc(-c4c5ccccc5c(-c5cccc(-c6cccc7c6oc6ccccc67)c5)c5ccccc45)cc3)c2-c2c1c1ccccc1c1ccccc21. The van der Waals surface area contributed by atoms with Gasteiger partial charge in [0.05, 0.1) is 0 Å². The maximum absolute atomic E-state index is 6.50. The summed E-state index contributed by atoms with van der Waals surface area (Å²) >= 11 is 0. The Bertz CT molecular complexity index is 3770. The van der Waals surface area contributed by atoms with Crippen LogP contribution in [0.25, 0.3) is 121 Å². The third kappa shape index (κ3) is 4.91. The van der Waals surface area contributed by atoms with Crippen molar-refractivity contribution in [2.24, 2.45) is 0 Å². The highest BCUT2D eigenvalue weighted by Gasteiger charge is 2.39. The molecule has 1 nitrogen and oxygen atoms in total. The maximum atomic E-state index is 6.50. The Morgan fingerprint density at radius 3 is 1.45 bits per heavy atom. The van der Waals surface area contributed by atoms with Crippen LogP contribution in [0.15, 0.2) is 211 Å². The van der Waals surface area contributed by atoms with Gasteiger partial charge in [-0.3, -0.25) is 0 Å². The summed E-state index contributed by atoms with van der Waals surface area (Å²) in [5.41, 5.74) is 16.9. The van der Waals surface area contributed by atoms with E-state index in [9.17, 15) is 0 Å². The summed E-state index contributed by atoms with van der Waals surface area (Å²) in [7, 11) is 0. The summed E-state index contributed by atoms with van der Waals surface area (Å²) in [6.45, 7) is 4.81. The van der Waals surface area contributed by atoms with Crippen LogP contribution in [0.2, 0.25) is 0 Å². The van der Waals surface area contributed by atoms with Crippen molar-refractivity contribution in [1.29, 1.82) is 0 Å². The van der Waals surface area contributed by atoms with E-state index in [0.29, 0.717) is 0 Å². The van der Waals surface area contributed by atoms with Gasteiger partial charge in [0, 0.05) is 21.8 Å². The van der Waals surface area contributed by atoms with Gasteiger partial charge in [0.15, 0.2) is 0 Å². The van der Waals surface area contributed by atoms with Gasteiger partial charge >= 0.3 is 0 Å². The second kappa shape index (κ2) is 13.1. The third-order valence-corrected chi connectivity index (χ3v) is 13.8. The standard InChI is InChI=1S/C61H40O/c1-61(2)53-30-15-27-41(57(53)58-46-21-5-3-18-43(46)44-19-4-10-26-51(44)59(58)61)37-32-34-38(35-33-37)55-47-22-6-8-24-49(47)56(50-25-9-7-23-48(50)55)40-17-13-16-39(36-40)42-28-14-29-52-45-20-11-12-31-54(45)62-60(42)52/h3-36H,1-2H3. The highest BCUT2D eigenvalue weighted by molar-refractivity contribution is 6.22. The summed E-state index contributed by atoms with van der Waals surface area (Å²) in [5.74, 6) is 0. The average molecular weight is 789 g/mol. The molecule has 0 saturated carbocycles. The maximum Gasteiger partial charge on any atom is 0.143 e. The van der Waals surface area contributed by atoms with Crippen molar-refractivity contribution in [2.45, 2.75) is 19.3 Å². The monoisotopic (exact) mass is 788 g/mol. The predicted octanol–water partition coefficient (Wildman–Crippen LogP) is 17.2. The lowest BCUT2D eigenvalue weighted by atomic mass is 9.79. The molecule has 11 aromatic carbocycles. The molecule has 1 heteroatoms. The van der Waals surface area contributed by atoms with Crippen molar-refractivity contribution >= 4 is 65.0 Å². The van der Waals surface area contributed by atoms with Crippen LogP contribution in [0, 0.1) is 0 Å². The molecule has 0 N–H and O–H groups in total. The molecule has 1 aromatic heterocycles. The Morgan fingerprint density at radius 2 is 0.774 bits per heavy atom. The average Bonchev–Trinajstić information content (AvgIpc) is 3.83. The third-order valence-electron chi connectivity index (χ3n) is 13.8. The van der Waals surface area contributed by atoms with Gasteiger partial charge in [-0.1, -0.05) is 208 Å². The van der Waals surface area contributed by atoms with Crippen molar-refractivity contribution in [1.82, 2.24) is 0 Å². The Balaban J connectivity index is 0.973. The van der Waals surface area contributed by atoms with Crippen LogP contribution < -0.4 is 0 Å². The number of furan rings is 1. The topological polar surface area (TPSA) is 13.1 Å². The fraction of sp³-hybridized carbons (Fsp3) is 0.0492. The lowest BCUT2D eigenvalue weighted by molar-refractivity contribution is 0.666. The number of hydrogen-bond acceptors (Lipinski definition) is 1. The van der Waals surface area contributed by atoms with Gasteiger partial charge in [0.25, 0.3) is 0 Å². The molecule has 0 radical (unpaired) electrons. The van der Waals surface area contributed by atoms with Gasteiger partial charge in [0.2, 0.25) is 0 Å². The number of hydrogen-bond donors (Lipinski definition) is 0. The van der Waals surface area contributed by atoms with Crippen molar-refractivity contribution in [3.63, 3.8) is 0 Å². The van der Waals surface area contributed by atoms with Crippen LogP contribution in [0.3, 0.4) is 0 Å². The van der Waals surface area contributed by atoms with E-state index in [1.54, 1.807) is 0 Å². The first-order valence-electron chi connectivity index (χ1n) is 21.7. The second-order valence-corrected chi connectivity index (χ2v) is 17.5. The largest absolute Gasteiger partial charge is 0.455 e. The fourth-order valence-corrected chi connectivity index (χ4v) is 11.2.